The number of nitrogens with zero attached hydrogens (tertiary/aromatic N) is 1. The van der Waals surface area contributed by atoms with Crippen LogP contribution in [-0.4, -0.2) is 38.4 Å². The van der Waals surface area contributed by atoms with Crippen LogP contribution in [0.25, 0.3) is 0 Å². The summed E-state index contributed by atoms with van der Waals surface area (Å²) in [6.45, 7) is 6.48. The van der Waals surface area contributed by atoms with Gasteiger partial charge in [-0.05, 0) is 73.1 Å². The van der Waals surface area contributed by atoms with Gasteiger partial charge >= 0.3 is 0 Å². The predicted octanol–water partition coefficient (Wildman–Crippen LogP) is 2.91. The van der Waals surface area contributed by atoms with Gasteiger partial charge in [0.25, 0.3) is 10.0 Å². The van der Waals surface area contributed by atoms with Gasteiger partial charge in [0.2, 0.25) is 0 Å². The molecule has 7 heteroatoms. The van der Waals surface area contributed by atoms with E-state index in [1.165, 1.54) is 11.3 Å². The van der Waals surface area contributed by atoms with Crippen LogP contribution in [0.5, 0.6) is 0 Å². The lowest BCUT2D eigenvalue weighted by molar-refractivity contribution is 0.261. The largest absolute Gasteiger partial charge is 0.317 e. The van der Waals surface area contributed by atoms with Gasteiger partial charge in [0, 0.05) is 17.1 Å². The van der Waals surface area contributed by atoms with E-state index in [1.54, 1.807) is 15.8 Å². The van der Waals surface area contributed by atoms with Crippen LogP contribution >= 0.6 is 27.3 Å². The lowest BCUT2D eigenvalue weighted by Gasteiger charge is -2.31. The Kier molecular flexibility index (Phi) is 5.64. The second-order valence-electron chi connectivity index (χ2n) is 5.42. The molecule has 1 aromatic rings. The first-order valence-electron chi connectivity index (χ1n) is 6.88. The molecular formula is C13H21BrN2O2S2. The summed E-state index contributed by atoms with van der Waals surface area (Å²) in [5.41, 5.74) is 0. The number of rotatable bonds is 5. The smallest absolute Gasteiger partial charge is 0.253 e. The lowest BCUT2D eigenvalue weighted by Crippen LogP contribution is -2.42. The van der Waals surface area contributed by atoms with Crippen molar-refractivity contribution in [2.24, 2.45) is 5.92 Å². The van der Waals surface area contributed by atoms with Crippen molar-refractivity contribution in [2.45, 2.75) is 36.9 Å². The summed E-state index contributed by atoms with van der Waals surface area (Å²) in [4.78, 5) is 0. The molecule has 2 heterocycles. The van der Waals surface area contributed by atoms with Crippen LogP contribution < -0.4 is 5.32 Å². The van der Waals surface area contributed by atoms with Gasteiger partial charge in [-0.2, -0.15) is 4.31 Å². The average molecular weight is 381 g/mol. The van der Waals surface area contributed by atoms with Gasteiger partial charge < -0.3 is 5.32 Å². The molecule has 1 N–H and O–H groups in total. The minimum Gasteiger partial charge on any atom is -0.317 e. The normalized spacial score (nSPS) is 18.1. The summed E-state index contributed by atoms with van der Waals surface area (Å²) < 4.78 is 28.4. The summed E-state index contributed by atoms with van der Waals surface area (Å²) in [6.07, 6.45) is 2.09. The molecule has 0 aliphatic carbocycles. The first-order chi connectivity index (χ1) is 9.43. The highest BCUT2D eigenvalue weighted by molar-refractivity contribution is 9.10. The van der Waals surface area contributed by atoms with Crippen molar-refractivity contribution in [2.75, 3.05) is 19.6 Å². The summed E-state index contributed by atoms with van der Waals surface area (Å²) in [6, 6.07) is 1.77. The third-order valence-corrected chi connectivity index (χ3v) is 8.29. The van der Waals surface area contributed by atoms with Gasteiger partial charge in [0.05, 0.1) is 0 Å². The molecule has 4 nitrogen and oxygen atoms in total. The molecule has 1 aromatic heterocycles. The number of hydrogen-bond donors (Lipinski definition) is 1. The Hall–Kier alpha value is 0.0500. The molecule has 0 radical (unpaired) electrons. The SMILES string of the molecule is CC(C)N(CC1CCNCC1)S(=O)(=O)c1sccc1Br. The van der Waals surface area contributed by atoms with E-state index in [1.807, 2.05) is 13.8 Å². The average Bonchev–Trinajstić information content (AvgIpc) is 2.83. The topological polar surface area (TPSA) is 49.4 Å². The fourth-order valence-electron chi connectivity index (χ4n) is 2.48. The molecule has 0 unspecified atom stereocenters. The first kappa shape index (κ1) is 16.4. The number of piperidine rings is 1. The molecule has 1 aliphatic heterocycles. The Morgan fingerprint density at radius 1 is 1.45 bits per heavy atom. The van der Waals surface area contributed by atoms with Crippen molar-refractivity contribution in [3.8, 4) is 0 Å². The minimum absolute atomic E-state index is 0.0242. The maximum absolute atomic E-state index is 12.8. The van der Waals surface area contributed by atoms with Gasteiger partial charge in [-0.1, -0.05) is 0 Å². The van der Waals surface area contributed by atoms with Crippen molar-refractivity contribution < 1.29 is 8.42 Å². The van der Waals surface area contributed by atoms with E-state index in [9.17, 15) is 8.42 Å². The first-order valence-corrected chi connectivity index (χ1v) is 9.99. The standard InChI is InChI=1S/C13H21BrN2O2S2/c1-10(2)16(9-11-3-6-15-7-4-11)20(17,18)13-12(14)5-8-19-13/h5,8,10-11,15H,3-4,6-7,9H2,1-2H3. The highest BCUT2D eigenvalue weighted by Gasteiger charge is 2.32. The van der Waals surface area contributed by atoms with Crippen LogP contribution in [-0.2, 0) is 10.0 Å². The van der Waals surface area contributed by atoms with Gasteiger partial charge in [0.15, 0.2) is 0 Å². The Morgan fingerprint density at radius 2 is 2.10 bits per heavy atom. The van der Waals surface area contributed by atoms with Gasteiger partial charge in [-0.25, -0.2) is 8.42 Å². The number of thiophene rings is 1. The number of sulfonamides is 1. The van der Waals surface area contributed by atoms with E-state index in [4.69, 9.17) is 0 Å². The van der Waals surface area contributed by atoms with Gasteiger partial charge in [-0.15, -0.1) is 11.3 Å². The molecule has 0 saturated carbocycles. The summed E-state index contributed by atoms with van der Waals surface area (Å²) in [5, 5.41) is 5.12. The van der Waals surface area contributed by atoms with Crippen molar-refractivity contribution in [3.05, 3.63) is 15.9 Å². The van der Waals surface area contributed by atoms with Crippen LogP contribution in [0.1, 0.15) is 26.7 Å². The molecule has 114 valence electrons. The molecule has 0 spiro atoms. The van der Waals surface area contributed by atoms with Gasteiger partial charge in [-0.3, -0.25) is 0 Å². The molecule has 1 aliphatic rings. The van der Waals surface area contributed by atoms with Crippen molar-refractivity contribution >= 4 is 37.3 Å². The maximum atomic E-state index is 12.8. The van der Waals surface area contributed by atoms with E-state index >= 15 is 0 Å². The van der Waals surface area contributed by atoms with Crippen LogP contribution in [0.2, 0.25) is 0 Å². The molecule has 0 bridgehead atoms. The van der Waals surface area contributed by atoms with Crippen LogP contribution in [0.15, 0.2) is 20.1 Å². The van der Waals surface area contributed by atoms with Crippen LogP contribution in [0, 0.1) is 5.92 Å². The molecule has 2 rings (SSSR count). The second-order valence-corrected chi connectivity index (χ2v) is 9.27. The fraction of sp³-hybridized carbons (Fsp3) is 0.692. The molecule has 1 fully saturated rings. The Morgan fingerprint density at radius 3 is 2.60 bits per heavy atom. The quantitative estimate of drug-likeness (QED) is 0.853. The fourth-order valence-corrected chi connectivity index (χ4v) is 6.62. The number of hydrogen-bond acceptors (Lipinski definition) is 4. The van der Waals surface area contributed by atoms with Crippen LogP contribution in [0.4, 0.5) is 0 Å². The zero-order valence-electron chi connectivity index (χ0n) is 11.8. The summed E-state index contributed by atoms with van der Waals surface area (Å²) in [5.74, 6) is 0.451. The van der Waals surface area contributed by atoms with E-state index in [0.29, 0.717) is 21.1 Å². The summed E-state index contributed by atoms with van der Waals surface area (Å²) >= 11 is 4.61. The molecule has 1 saturated heterocycles. The van der Waals surface area contributed by atoms with Gasteiger partial charge in [0.1, 0.15) is 4.21 Å². The maximum Gasteiger partial charge on any atom is 0.253 e. The highest BCUT2D eigenvalue weighted by Crippen LogP contribution is 2.32. The molecule has 0 amide bonds. The van der Waals surface area contributed by atoms with Crippen molar-refractivity contribution in [1.29, 1.82) is 0 Å². The van der Waals surface area contributed by atoms with E-state index in [-0.39, 0.29) is 6.04 Å². The second kappa shape index (κ2) is 6.87. The monoisotopic (exact) mass is 380 g/mol. The van der Waals surface area contributed by atoms with Crippen molar-refractivity contribution in [1.82, 2.24) is 9.62 Å². The number of halogens is 1. The Balaban J connectivity index is 2.21. The van der Waals surface area contributed by atoms with E-state index < -0.39 is 10.0 Å². The Labute approximate surface area is 133 Å². The summed E-state index contributed by atoms with van der Waals surface area (Å²) in [7, 11) is -3.40. The highest BCUT2D eigenvalue weighted by atomic mass is 79.9. The zero-order chi connectivity index (χ0) is 14.8. The number of nitrogens with one attached hydrogen (secondary N) is 1. The molecule has 0 aromatic carbocycles. The van der Waals surface area contributed by atoms with E-state index in [0.717, 1.165) is 25.9 Å². The third kappa shape index (κ3) is 3.62. The van der Waals surface area contributed by atoms with E-state index in [2.05, 4.69) is 21.2 Å². The molecular weight excluding hydrogens is 360 g/mol. The minimum atomic E-state index is -3.40. The predicted molar refractivity (Wildman–Crippen MR) is 86.6 cm³/mol. The van der Waals surface area contributed by atoms with Crippen LogP contribution in [0.3, 0.4) is 0 Å². The molecule has 20 heavy (non-hydrogen) atoms. The molecule has 0 atom stereocenters. The van der Waals surface area contributed by atoms with Crippen molar-refractivity contribution in [3.63, 3.8) is 0 Å². The zero-order valence-corrected chi connectivity index (χ0v) is 15.0. The lowest BCUT2D eigenvalue weighted by atomic mass is 9.98. The Bertz CT molecular complexity index is 536. The third-order valence-electron chi connectivity index (χ3n) is 3.60.